The molecule has 2 fully saturated rings. The van der Waals surface area contributed by atoms with Crippen molar-refractivity contribution in [3.63, 3.8) is 0 Å². The Morgan fingerprint density at radius 3 is 2.05 bits per heavy atom. The maximum atomic E-state index is 13.8. The molecule has 0 aliphatic carbocycles. The Bertz CT molecular complexity index is 1570. The molecule has 3 aromatic rings. The predicted octanol–water partition coefficient (Wildman–Crippen LogP) is 4.31. The molecule has 0 saturated carbocycles. The highest BCUT2D eigenvalue weighted by Crippen LogP contribution is 2.32. The van der Waals surface area contributed by atoms with Crippen LogP contribution in [0.25, 0.3) is 10.9 Å². The summed E-state index contributed by atoms with van der Waals surface area (Å²) in [6, 6.07) is 10.1. The van der Waals surface area contributed by atoms with E-state index in [4.69, 9.17) is 0 Å². The molecule has 2 aliphatic heterocycles. The van der Waals surface area contributed by atoms with Gasteiger partial charge in [-0.15, -0.1) is 0 Å². The van der Waals surface area contributed by atoms with Crippen molar-refractivity contribution in [3.05, 3.63) is 60.0 Å². The van der Waals surface area contributed by atoms with E-state index in [0.29, 0.717) is 31.6 Å². The number of likely N-dealkylation sites (tertiary alicyclic amines) is 1. The van der Waals surface area contributed by atoms with Crippen molar-refractivity contribution in [1.82, 2.24) is 13.2 Å². The number of hydrogen-bond donors (Lipinski definition) is 0. The highest BCUT2D eigenvalue weighted by molar-refractivity contribution is 7.90. The van der Waals surface area contributed by atoms with Gasteiger partial charge in [0.05, 0.1) is 15.3 Å². The van der Waals surface area contributed by atoms with Gasteiger partial charge in [-0.2, -0.15) is 4.31 Å². The van der Waals surface area contributed by atoms with Crippen LogP contribution in [-0.4, -0.2) is 62.1 Å². The van der Waals surface area contributed by atoms with Crippen LogP contribution < -0.4 is 0 Å². The maximum Gasteiger partial charge on any atom is 0.271 e. The van der Waals surface area contributed by atoms with Gasteiger partial charge in [-0.1, -0.05) is 13.8 Å². The van der Waals surface area contributed by atoms with Gasteiger partial charge in [0.25, 0.3) is 15.9 Å². The van der Waals surface area contributed by atoms with E-state index in [2.05, 4.69) is 0 Å². The Morgan fingerprint density at radius 2 is 1.42 bits per heavy atom. The third-order valence-corrected chi connectivity index (χ3v) is 11.0. The Balaban J connectivity index is 1.65. The summed E-state index contributed by atoms with van der Waals surface area (Å²) in [6.45, 7) is 5.93. The standard InChI is InChI=1S/C27H32FN3O5S2/c1-19-14-20(2)18-30(17-19)37(33,34)24-10-11-25-21(15-24)16-26(27(32)29-12-4-3-5-13-29)31(25)38(35,36)23-8-6-22(28)7-9-23/h6-11,15-16,19-20H,3-5,12-14,17-18H2,1-2H3. The van der Waals surface area contributed by atoms with Crippen LogP contribution in [0.1, 0.15) is 50.0 Å². The quantitative estimate of drug-likeness (QED) is 0.463. The topological polar surface area (TPSA) is 96.8 Å². The molecule has 1 aromatic heterocycles. The molecule has 0 bridgehead atoms. The third-order valence-electron chi connectivity index (χ3n) is 7.42. The minimum Gasteiger partial charge on any atom is -0.337 e. The molecule has 0 spiro atoms. The number of rotatable bonds is 5. The fourth-order valence-corrected chi connectivity index (χ4v) is 8.88. The number of hydrogen-bond acceptors (Lipinski definition) is 5. The third kappa shape index (κ3) is 4.87. The lowest BCUT2D eigenvalue weighted by Gasteiger charge is -2.34. The molecule has 8 nitrogen and oxygen atoms in total. The molecule has 5 rings (SSSR count). The summed E-state index contributed by atoms with van der Waals surface area (Å²) < 4.78 is 70.6. The molecule has 3 heterocycles. The summed E-state index contributed by atoms with van der Waals surface area (Å²) in [6.07, 6.45) is 3.60. The van der Waals surface area contributed by atoms with Gasteiger partial charge in [-0.05, 0) is 86.1 Å². The van der Waals surface area contributed by atoms with Gasteiger partial charge in [0.15, 0.2) is 0 Å². The largest absolute Gasteiger partial charge is 0.337 e. The first-order valence-electron chi connectivity index (χ1n) is 12.9. The van der Waals surface area contributed by atoms with Crippen molar-refractivity contribution in [2.45, 2.75) is 49.3 Å². The minimum absolute atomic E-state index is 0.0552. The second-order valence-electron chi connectivity index (χ2n) is 10.6. The molecule has 2 saturated heterocycles. The van der Waals surface area contributed by atoms with Crippen LogP contribution in [0.3, 0.4) is 0 Å². The van der Waals surface area contributed by atoms with Crippen LogP contribution in [0, 0.1) is 17.7 Å². The lowest BCUT2D eigenvalue weighted by atomic mass is 9.94. The molecule has 1 amide bonds. The summed E-state index contributed by atoms with van der Waals surface area (Å²) in [5.41, 5.74) is 0.120. The smallest absolute Gasteiger partial charge is 0.271 e. The van der Waals surface area contributed by atoms with Crippen LogP contribution in [-0.2, 0) is 20.0 Å². The van der Waals surface area contributed by atoms with Crippen molar-refractivity contribution in [2.24, 2.45) is 11.8 Å². The Morgan fingerprint density at radius 1 is 0.816 bits per heavy atom. The normalized spacial score (nSPS) is 21.6. The van der Waals surface area contributed by atoms with Crippen LogP contribution in [0.2, 0.25) is 0 Å². The van der Waals surface area contributed by atoms with Crippen LogP contribution >= 0.6 is 0 Å². The number of carbonyl (C=O) groups excluding carboxylic acids is 1. The highest BCUT2D eigenvalue weighted by Gasteiger charge is 2.34. The molecule has 2 aromatic carbocycles. The van der Waals surface area contributed by atoms with E-state index in [9.17, 15) is 26.0 Å². The number of fused-ring (bicyclic) bond motifs is 1. The summed E-state index contributed by atoms with van der Waals surface area (Å²) >= 11 is 0. The maximum absolute atomic E-state index is 13.8. The zero-order valence-corrected chi connectivity index (χ0v) is 23.1. The van der Waals surface area contributed by atoms with Crippen LogP contribution in [0.15, 0.2) is 58.3 Å². The zero-order valence-electron chi connectivity index (χ0n) is 21.5. The Kier molecular flexibility index (Phi) is 7.12. The average molecular weight is 562 g/mol. The molecule has 2 atom stereocenters. The first-order chi connectivity index (χ1) is 18.0. The molecular formula is C27H32FN3O5S2. The van der Waals surface area contributed by atoms with Crippen molar-refractivity contribution in [1.29, 1.82) is 0 Å². The predicted molar refractivity (Wildman–Crippen MR) is 142 cm³/mol. The number of sulfonamides is 1. The Hall–Kier alpha value is -2.76. The van der Waals surface area contributed by atoms with E-state index in [-0.39, 0.29) is 32.8 Å². The average Bonchev–Trinajstić information content (AvgIpc) is 3.28. The van der Waals surface area contributed by atoms with Gasteiger partial charge in [-0.3, -0.25) is 4.79 Å². The number of benzene rings is 2. The first-order valence-corrected chi connectivity index (χ1v) is 15.8. The SMILES string of the molecule is CC1CC(C)CN(S(=O)(=O)c2ccc3c(c2)cc(C(=O)N2CCCCC2)n3S(=O)(=O)c2ccc(F)cc2)C1. The van der Waals surface area contributed by atoms with Gasteiger partial charge < -0.3 is 4.90 Å². The fraction of sp³-hybridized carbons (Fsp3) is 0.444. The van der Waals surface area contributed by atoms with E-state index >= 15 is 0 Å². The summed E-state index contributed by atoms with van der Waals surface area (Å²) in [7, 11) is -8.11. The van der Waals surface area contributed by atoms with Crippen molar-refractivity contribution in [3.8, 4) is 0 Å². The Labute approximate surface area is 223 Å². The second kappa shape index (κ2) is 10.1. The lowest BCUT2D eigenvalue weighted by Crippen LogP contribution is -2.42. The van der Waals surface area contributed by atoms with Gasteiger partial charge in [0.2, 0.25) is 10.0 Å². The van der Waals surface area contributed by atoms with E-state index < -0.39 is 31.8 Å². The second-order valence-corrected chi connectivity index (χ2v) is 14.3. The number of carbonyl (C=O) groups is 1. The van der Waals surface area contributed by atoms with E-state index in [0.717, 1.165) is 53.9 Å². The molecule has 0 radical (unpaired) electrons. The molecule has 2 unspecified atom stereocenters. The summed E-state index contributed by atoms with van der Waals surface area (Å²) in [5, 5.41) is 0.329. The van der Waals surface area contributed by atoms with Gasteiger partial charge in [0.1, 0.15) is 11.5 Å². The van der Waals surface area contributed by atoms with Gasteiger partial charge in [-0.25, -0.2) is 25.2 Å². The molecule has 0 N–H and O–H groups in total. The summed E-state index contributed by atoms with van der Waals surface area (Å²) in [4.78, 5) is 15.1. The number of aromatic nitrogens is 1. The number of halogens is 1. The number of piperidine rings is 2. The van der Waals surface area contributed by atoms with Crippen LogP contribution in [0.5, 0.6) is 0 Å². The summed E-state index contributed by atoms with van der Waals surface area (Å²) in [5.74, 6) is -0.558. The number of amides is 1. The lowest BCUT2D eigenvalue weighted by molar-refractivity contribution is 0.0717. The van der Waals surface area contributed by atoms with E-state index in [1.54, 1.807) is 4.90 Å². The van der Waals surface area contributed by atoms with E-state index in [1.165, 1.54) is 28.6 Å². The highest BCUT2D eigenvalue weighted by atomic mass is 32.2. The van der Waals surface area contributed by atoms with Crippen molar-refractivity contribution >= 4 is 36.9 Å². The van der Waals surface area contributed by atoms with E-state index in [1.807, 2.05) is 13.8 Å². The van der Waals surface area contributed by atoms with Gasteiger partial charge in [0, 0.05) is 31.6 Å². The minimum atomic E-state index is -4.29. The monoisotopic (exact) mass is 561 g/mol. The van der Waals surface area contributed by atoms with Crippen LogP contribution in [0.4, 0.5) is 4.39 Å². The van der Waals surface area contributed by atoms with Crippen molar-refractivity contribution < 1.29 is 26.0 Å². The molecule has 204 valence electrons. The van der Waals surface area contributed by atoms with Crippen molar-refractivity contribution in [2.75, 3.05) is 26.2 Å². The zero-order chi connectivity index (χ0) is 27.2. The fourth-order valence-electron chi connectivity index (χ4n) is 5.66. The van der Waals surface area contributed by atoms with Gasteiger partial charge >= 0.3 is 0 Å². The molecule has 11 heteroatoms. The molecule has 38 heavy (non-hydrogen) atoms. The molecular weight excluding hydrogens is 529 g/mol. The first kappa shape index (κ1) is 26.8. The molecule has 2 aliphatic rings. The number of nitrogens with zero attached hydrogens (tertiary/aromatic N) is 3.